The van der Waals surface area contributed by atoms with Crippen molar-refractivity contribution in [2.24, 2.45) is 5.73 Å². The number of aryl methyl sites for hydroxylation is 1. The molecule has 1 aliphatic carbocycles. The molecule has 0 spiro atoms. The van der Waals surface area contributed by atoms with Crippen LogP contribution in [0.3, 0.4) is 0 Å². The lowest BCUT2D eigenvalue weighted by Crippen LogP contribution is -2.43. The highest BCUT2D eigenvalue weighted by molar-refractivity contribution is 5.88. The Morgan fingerprint density at radius 3 is 2.21 bits per heavy atom. The summed E-state index contributed by atoms with van der Waals surface area (Å²) in [6.07, 6.45) is 2.39. The summed E-state index contributed by atoms with van der Waals surface area (Å²) in [4.78, 5) is 33.1. The van der Waals surface area contributed by atoms with E-state index in [-0.39, 0.29) is 30.0 Å². The lowest BCUT2D eigenvalue weighted by molar-refractivity contribution is -0.192. The third-order valence-corrected chi connectivity index (χ3v) is 5.09. The summed E-state index contributed by atoms with van der Waals surface area (Å²) >= 11 is 0. The molecular formula is C23H32F3N3O5. The van der Waals surface area contributed by atoms with Crippen LogP contribution in [0.15, 0.2) is 42.5 Å². The maximum atomic E-state index is 12.2. The van der Waals surface area contributed by atoms with Gasteiger partial charge in [0.25, 0.3) is 0 Å². The highest BCUT2D eigenvalue weighted by Crippen LogP contribution is 2.18. The molecule has 0 radical (unpaired) electrons. The van der Waals surface area contributed by atoms with Crippen molar-refractivity contribution in [1.29, 1.82) is 0 Å². The maximum Gasteiger partial charge on any atom is 0.490 e. The van der Waals surface area contributed by atoms with E-state index >= 15 is 0 Å². The first-order valence-electron chi connectivity index (χ1n) is 10.9. The van der Waals surface area contributed by atoms with Gasteiger partial charge >= 0.3 is 12.1 Å². The highest BCUT2D eigenvalue weighted by atomic mass is 19.4. The van der Waals surface area contributed by atoms with Gasteiger partial charge in [-0.2, -0.15) is 13.2 Å². The Hall–Kier alpha value is -2.92. The number of aliphatic hydroxyl groups excluding tert-OH is 1. The third kappa shape index (κ3) is 12.4. The normalized spacial score (nSPS) is 19.9. The Bertz CT molecular complexity index is 808. The molecule has 0 aromatic heterocycles. The summed E-state index contributed by atoms with van der Waals surface area (Å²) in [5.74, 6) is -3.16. The molecule has 2 rings (SSSR count). The summed E-state index contributed by atoms with van der Waals surface area (Å²) in [5.41, 5.74) is 6.82. The van der Waals surface area contributed by atoms with E-state index in [1.165, 1.54) is 11.6 Å². The zero-order valence-corrected chi connectivity index (χ0v) is 18.9. The lowest BCUT2D eigenvalue weighted by Gasteiger charge is -2.25. The maximum absolute atomic E-state index is 12.2. The fourth-order valence-electron chi connectivity index (χ4n) is 3.17. The second-order valence-corrected chi connectivity index (χ2v) is 8.10. The van der Waals surface area contributed by atoms with Crippen LogP contribution in [0, 0.1) is 0 Å². The molecule has 190 valence electrons. The number of carboxylic acid groups (broad SMARTS) is 1. The number of nitrogens with two attached hydrogens (primary N) is 1. The van der Waals surface area contributed by atoms with Crippen molar-refractivity contribution in [3.8, 4) is 0 Å². The SMILES string of the molecule is C[C@H](N)C(=O)N[C@H](C=CC(=O)NC1CCC(O)CC1)CCc1ccccc1.O=C(O)C(F)(F)F. The highest BCUT2D eigenvalue weighted by Gasteiger charge is 2.38. The van der Waals surface area contributed by atoms with Gasteiger partial charge in [-0.25, -0.2) is 4.79 Å². The number of alkyl halides is 3. The molecule has 11 heteroatoms. The minimum absolute atomic E-state index is 0.104. The van der Waals surface area contributed by atoms with Crippen LogP contribution in [-0.4, -0.2) is 58.4 Å². The lowest BCUT2D eigenvalue weighted by atomic mass is 9.93. The van der Waals surface area contributed by atoms with Crippen molar-refractivity contribution >= 4 is 17.8 Å². The van der Waals surface area contributed by atoms with Crippen LogP contribution in [0.4, 0.5) is 13.2 Å². The number of nitrogens with one attached hydrogen (secondary N) is 2. The van der Waals surface area contributed by atoms with E-state index in [4.69, 9.17) is 15.6 Å². The average molecular weight is 488 g/mol. The number of rotatable bonds is 8. The Morgan fingerprint density at radius 2 is 1.71 bits per heavy atom. The molecule has 8 nitrogen and oxygen atoms in total. The number of carbonyl (C=O) groups is 3. The Morgan fingerprint density at radius 1 is 1.15 bits per heavy atom. The zero-order chi connectivity index (χ0) is 25.7. The number of halogens is 3. The predicted molar refractivity (Wildman–Crippen MR) is 120 cm³/mol. The second kappa shape index (κ2) is 14.4. The molecule has 1 aliphatic rings. The van der Waals surface area contributed by atoms with Gasteiger partial charge in [-0.3, -0.25) is 9.59 Å². The van der Waals surface area contributed by atoms with Gasteiger partial charge in [-0.15, -0.1) is 0 Å². The molecule has 6 N–H and O–H groups in total. The van der Waals surface area contributed by atoms with Gasteiger partial charge in [0.15, 0.2) is 0 Å². The molecule has 34 heavy (non-hydrogen) atoms. The first-order chi connectivity index (χ1) is 15.9. The molecule has 0 bridgehead atoms. The number of amides is 2. The summed E-state index contributed by atoms with van der Waals surface area (Å²) < 4.78 is 31.7. The van der Waals surface area contributed by atoms with Gasteiger partial charge in [-0.05, 0) is 51.0 Å². The van der Waals surface area contributed by atoms with Crippen LogP contribution < -0.4 is 16.4 Å². The second-order valence-electron chi connectivity index (χ2n) is 8.10. The first-order valence-corrected chi connectivity index (χ1v) is 10.9. The first kappa shape index (κ1) is 29.1. The van der Waals surface area contributed by atoms with Gasteiger partial charge in [0, 0.05) is 18.2 Å². The fourth-order valence-corrected chi connectivity index (χ4v) is 3.17. The molecule has 1 saturated carbocycles. The van der Waals surface area contributed by atoms with Crippen LogP contribution in [-0.2, 0) is 20.8 Å². The van der Waals surface area contributed by atoms with Gasteiger partial charge in [-0.1, -0.05) is 36.4 Å². The number of aliphatic carboxylic acids is 1. The Balaban J connectivity index is 0.000000718. The molecule has 1 aromatic rings. The van der Waals surface area contributed by atoms with Gasteiger partial charge < -0.3 is 26.6 Å². The van der Waals surface area contributed by atoms with Crippen LogP contribution in [0.2, 0.25) is 0 Å². The largest absolute Gasteiger partial charge is 0.490 e. The van der Waals surface area contributed by atoms with E-state index < -0.39 is 18.2 Å². The molecule has 1 fully saturated rings. The number of hydrogen-bond donors (Lipinski definition) is 5. The van der Waals surface area contributed by atoms with Crippen LogP contribution >= 0.6 is 0 Å². The van der Waals surface area contributed by atoms with Gasteiger partial charge in [0.1, 0.15) is 0 Å². The average Bonchev–Trinajstić information content (AvgIpc) is 2.77. The van der Waals surface area contributed by atoms with Gasteiger partial charge in [0.05, 0.1) is 12.1 Å². The minimum Gasteiger partial charge on any atom is -0.475 e. The summed E-state index contributed by atoms with van der Waals surface area (Å²) in [7, 11) is 0. The van der Waals surface area contributed by atoms with Crippen LogP contribution in [0.25, 0.3) is 0 Å². The predicted octanol–water partition coefficient (Wildman–Crippen LogP) is 2.06. The number of aliphatic hydroxyl groups is 1. The molecular weight excluding hydrogens is 455 g/mol. The molecule has 2 atom stereocenters. The van der Waals surface area contributed by atoms with Crippen molar-refractivity contribution in [2.75, 3.05) is 0 Å². The van der Waals surface area contributed by atoms with Crippen LogP contribution in [0.5, 0.6) is 0 Å². The van der Waals surface area contributed by atoms with E-state index in [1.54, 1.807) is 13.0 Å². The molecule has 0 unspecified atom stereocenters. The van der Waals surface area contributed by atoms with E-state index in [9.17, 15) is 27.9 Å². The number of hydrogen-bond acceptors (Lipinski definition) is 5. The van der Waals surface area contributed by atoms with Crippen molar-refractivity contribution < 1.29 is 37.8 Å². The van der Waals surface area contributed by atoms with E-state index in [2.05, 4.69) is 10.6 Å². The molecule has 1 aromatic carbocycles. The van der Waals surface area contributed by atoms with E-state index in [0.29, 0.717) is 6.42 Å². The minimum atomic E-state index is -5.08. The molecule has 0 aliphatic heterocycles. The summed E-state index contributed by atoms with van der Waals surface area (Å²) in [6.45, 7) is 1.64. The topological polar surface area (TPSA) is 142 Å². The number of carbonyl (C=O) groups excluding carboxylic acids is 2. The van der Waals surface area contributed by atoms with Crippen molar-refractivity contribution in [2.45, 2.75) is 75.9 Å². The molecule has 0 heterocycles. The van der Waals surface area contributed by atoms with E-state index in [1.807, 2.05) is 30.3 Å². The summed E-state index contributed by atoms with van der Waals surface area (Å²) in [5, 5.41) is 22.5. The number of carboxylic acids is 1. The fraction of sp³-hybridized carbons (Fsp3) is 0.522. The van der Waals surface area contributed by atoms with Crippen molar-refractivity contribution in [3.63, 3.8) is 0 Å². The monoisotopic (exact) mass is 487 g/mol. The van der Waals surface area contributed by atoms with Crippen molar-refractivity contribution in [3.05, 3.63) is 48.0 Å². The van der Waals surface area contributed by atoms with Crippen molar-refractivity contribution in [1.82, 2.24) is 10.6 Å². The quantitative estimate of drug-likeness (QED) is 0.356. The Kier molecular flexibility index (Phi) is 12.3. The van der Waals surface area contributed by atoms with E-state index in [0.717, 1.165) is 32.1 Å². The smallest absolute Gasteiger partial charge is 0.475 e. The third-order valence-electron chi connectivity index (χ3n) is 5.09. The molecule has 0 saturated heterocycles. The summed E-state index contributed by atoms with van der Waals surface area (Å²) in [6, 6.07) is 9.25. The zero-order valence-electron chi connectivity index (χ0n) is 18.9. The van der Waals surface area contributed by atoms with Crippen LogP contribution in [0.1, 0.15) is 44.6 Å². The standard InChI is InChI=1S/C21H31N3O3.C2HF3O2/c1-15(22)21(27)24-18(8-7-16-5-3-2-4-6-16)11-14-20(26)23-17-9-12-19(25)13-10-17;3-2(4,5)1(6)7/h2-6,11,14-15,17-19,25H,7-10,12-13,22H2,1H3,(H,23,26)(H,24,27);(H,6,7)/t15-,17?,18-,19?;/m0./s1. The Labute approximate surface area is 196 Å². The number of benzene rings is 1. The van der Waals surface area contributed by atoms with Gasteiger partial charge in [0.2, 0.25) is 11.8 Å². The molecule has 2 amide bonds.